The van der Waals surface area contributed by atoms with Crippen molar-refractivity contribution in [1.29, 1.82) is 0 Å². The number of piperidine rings is 1. The molecule has 1 aromatic carbocycles. The van der Waals surface area contributed by atoms with Gasteiger partial charge in [0.2, 0.25) is 0 Å². The number of sulfone groups is 1. The fourth-order valence-corrected chi connectivity index (χ4v) is 6.83. The van der Waals surface area contributed by atoms with Gasteiger partial charge in [0.15, 0.2) is 9.84 Å². The summed E-state index contributed by atoms with van der Waals surface area (Å²) in [6, 6.07) is 9.80. The van der Waals surface area contributed by atoms with Gasteiger partial charge in [-0.05, 0) is 73.0 Å². The summed E-state index contributed by atoms with van der Waals surface area (Å²) in [7, 11) is -3.11. The van der Waals surface area contributed by atoms with E-state index in [2.05, 4.69) is 39.7 Å². The van der Waals surface area contributed by atoms with Crippen LogP contribution in [-0.2, 0) is 9.84 Å². The predicted octanol–water partition coefficient (Wildman–Crippen LogP) is 4.56. The number of nitrogens with zero attached hydrogens (tertiary/aromatic N) is 4. The van der Waals surface area contributed by atoms with Crippen molar-refractivity contribution in [2.24, 2.45) is 0 Å². The van der Waals surface area contributed by atoms with Crippen molar-refractivity contribution in [3.8, 4) is 11.4 Å². The molecular weight excluding hydrogens is 580 g/mol. The van der Waals surface area contributed by atoms with Gasteiger partial charge in [0.05, 0.1) is 27.2 Å². The summed E-state index contributed by atoms with van der Waals surface area (Å²) in [5.41, 5.74) is 1.94. The molecule has 8 nitrogen and oxygen atoms in total. The number of ether oxygens (including phenoxy) is 1. The minimum atomic E-state index is -3.11. The molecule has 3 aromatic rings. The Morgan fingerprint density at radius 3 is 2.46 bits per heavy atom. The van der Waals surface area contributed by atoms with E-state index in [4.69, 9.17) is 16.3 Å². The average molecular weight is 610 g/mol. The summed E-state index contributed by atoms with van der Waals surface area (Å²) in [6.07, 6.45) is 3.64. The van der Waals surface area contributed by atoms with Crippen molar-refractivity contribution < 1.29 is 17.9 Å². The highest BCUT2D eigenvalue weighted by molar-refractivity contribution is 9.10. The van der Waals surface area contributed by atoms with Crippen molar-refractivity contribution in [2.45, 2.75) is 38.8 Å². The lowest BCUT2D eigenvalue weighted by molar-refractivity contribution is 0.0762. The van der Waals surface area contributed by atoms with Crippen molar-refractivity contribution in [3.63, 3.8) is 0 Å². The number of rotatable bonds is 5. The smallest absolute Gasteiger partial charge is 0.270 e. The van der Waals surface area contributed by atoms with Crippen LogP contribution < -0.4 is 4.74 Å². The molecule has 1 amide bonds. The van der Waals surface area contributed by atoms with Crippen LogP contribution >= 0.6 is 27.5 Å². The van der Waals surface area contributed by atoms with E-state index in [0.717, 1.165) is 47.1 Å². The first-order valence-electron chi connectivity index (χ1n) is 12.5. The van der Waals surface area contributed by atoms with Gasteiger partial charge in [0.25, 0.3) is 5.91 Å². The summed E-state index contributed by atoms with van der Waals surface area (Å²) in [6.45, 7) is 6.79. The SMILES string of the molecule is CC(C)N1CCC(Oc2cc3cc(C(=O)N4CCS(=O)(=O)CC4)n(-c4ccnc(Cl)c4)c3cc2Br)CC1. The number of hydrogen-bond acceptors (Lipinski definition) is 6. The number of fused-ring (bicyclic) bond motifs is 1. The van der Waals surface area contributed by atoms with Crippen LogP contribution in [-0.4, -0.2) is 83.5 Å². The van der Waals surface area contributed by atoms with Gasteiger partial charge in [-0.3, -0.25) is 4.79 Å². The van der Waals surface area contributed by atoms with Crippen molar-refractivity contribution in [3.05, 3.63) is 51.8 Å². The van der Waals surface area contributed by atoms with Gasteiger partial charge in [-0.1, -0.05) is 11.6 Å². The van der Waals surface area contributed by atoms with Crippen LogP contribution in [0.25, 0.3) is 16.6 Å². The molecule has 0 aliphatic carbocycles. The minimum Gasteiger partial charge on any atom is -0.489 e. The van der Waals surface area contributed by atoms with E-state index < -0.39 is 9.84 Å². The second kappa shape index (κ2) is 10.6. The first kappa shape index (κ1) is 26.5. The number of likely N-dealkylation sites (tertiary alicyclic amines) is 1. The molecule has 4 heterocycles. The molecule has 0 radical (unpaired) electrons. The van der Waals surface area contributed by atoms with Crippen LogP contribution in [0.1, 0.15) is 37.2 Å². The lowest BCUT2D eigenvalue weighted by Crippen LogP contribution is -2.44. The van der Waals surface area contributed by atoms with Crippen molar-refractivity contribution in [2.75, 3.05) is 37.7 Å². The minimum absolute atomic E-state index is 0.0286. The summed E-state index contributed by atoms with van der Waals surface area (Å²) in [5, 5.41) is 1.16. The van der Waals surface area contributed by atoms with Crippen molar-refractivity contribution >= 4 is 54.2 Å². The van der Waals surface area contributed by atoms with Crippen LogP contribution in [0.5, 0.6) is 5.75 Å². The maximum atomic E-state index is 13.6. The molecule has 2 aromatic heterocycles. The Labute approximate surface area is 230 Å². The number of amides is 1. The molecule has 0 atom stereocenters. The summed E-state index contributed by atoms with van der Waals surface area (Å²) in [5.74, 6) is 0.459. The number of hydrogen-bond donors (Lipinski definition) is 0. The summed E-state index contributed by atoms with van der Waals surface area (Å²) < 4.78 is 32.9. The van der Waals surface area contributed by atoms with E-state index in [-0.39, 0.29) is 36.6 Å². The molecule has 2 saturated heterocycles. The molecule has 0 N–H and O–H groups in total. The van der Waals surface area contributed by atoms with Crippen LogP contribution in [0.4, 0.5) is 0 Å². The highest BCUT2D eigenvalue weighted by atomic mass is 79.9. The third-order valence-electron chi connectivity index (χ3n) is 7.17. The van der Waals surface area contributed by atoms with Gasteiger partial charge in [-0.15, -0.1) is 0 Å². The number of carbonyl (C=O) groups is 1. The fraction of sp³-hybridized carbons (Fsp3) is 0.462. The summed E-state index contributed by atoms with van der Waals surface area (Å²) >= 11 is 9.89. The zero-order chi connectivity index (χ0) is 26.3. The van der Waals surface area contributed by atoms with Crippen LogP contribution in [0.15, 0.2) is 41.0 Å². The van der Waals surface area contributed by atoms with Crippen LogP contribution in [0.3, 0.4) is 0 Å². The lowest BCUT2D eigenvalue weighted by Gasteiger charge is -2.34. The Balaban J connectivity index is 1.51. The number of aromatic nitrogens is 2. The molecule has 37 heavy (non-hydrogen) atoms. The monoisotopic (exact) mass is 608 g/mol. The molecule has 0 unspecified atom stereocenters. The van der Waals surface area contributed by atoms with E-state index in [1.165, 1.54) is 0 Å². The van der Waals surface area contributed by atoms with Crippen molar-refractivity contribution in [1.82, 2.24) is 19.4 Å². The Morgan fingerprint density at radius 2 is 1.81 bits per heavy atom. The van der Waals surface area contributed by atoms with E-state index in [1.54, 1.807) is 23.2 Å². The molecule has 2 aliphatic heterocycles. The normalized spacial score (nSPS) is 19.0. The second-order valence-corrected chi connectivity index (χ2v) is 13.5. The van der Waals surface area contributed by atoms with Gasteiger partial charge in [0, 0.05) is 43.8 Å². The van der Waals surface area contributed by atoms with Gasteiger partial charge in [-0.25, -0.2) is 13.4 Å². The van der Waals surface area contributed by atoms with Gasteiger partial charge in [-0.2, -0.15) is 0 Å². The maximum Gasteiger partial charge on any atom is 0.270 e. The maximum absolute atomic E-state index is 13.6. The van der Waals surface area contributed by atoms with E-state index in [1.807, 2.05) is 22.8 Å². The Morgan fingerprint density at radius 1 is 1.11 bits per heavy atom. The zero-order valence-electron chi connectivity index (χ0n) is 20.9. The Bertz CT molecular complexity index is 1420. The molecule has 198 valence electrons. The molecule has 0 saturated carbocycles. The topological polar surface area (TPSA) is 84.7 Å². The van der Waals surface area contributed by atoms with Crippen LogP contribution in [0, 0.1) is 0 Å². The first-order chi connectivity index (χ1) is 17.6. The standard InChI is InChI=1S/C26H30BrClN4O4S/c1-17(2)30-7-4-20(5-8-30)36-24-14-18-13-23(26(33)31-9-11-37(34,35)12-10-31)32(22(18)16-21(24)27)19-3-6-29-25(28)15-19/h3,6,13-17,20H,4-5,7-12H2,1-2H3. The van der Waals surface area contributed by atoms with Gasteiger partial charge in [0.1, 0.15) is 22.7 Å². The number of benzene rings is 1. The van der Waals surface area contributed by atoms with E-state index in [0.29, 0.717) is 22.6 Å². The molecule has 2 fully saturated rings. The number of pyridine rings is 1. The first-order valence-corrected chi connectivity index (χ1v) is 15.5. The number of halogens is 2. The third-order valence-corrected chi connectivity index (χ3v) is 9.61. The second-order valence-electron chi connectivity index (χ2n) is 9.93. The fourth-order valence-electron chi connectivity index (χ4n) is 5.03. The molecule has 5 rings (SSSR count). The molecule has 2 aliphatic rings. The summed E-state index contributed by atoms with van der Waals surface area (Å²) in [4.78, 5) is 21.8. The molecule has 0 bridgehead atoms. The molecule has 0 spiro atoms. The predicted molar refractivity (Wildman–Crippen MR) is 149 cm³/mol. The van der Waals surface area contributed by atoms with Crippen LogP contribution in [0.2, 0.25) is 5.15 Å². The van der Waals surface area contributed by atoms with E-state index >= 15 is 0 Å². The molecule has 11 heteroatoms. The molecular formula is C26H30BrClN4O4S. The van der Waals surface area contributed by atoms with E-state index in [9.17, 15) is 13.2 Å². The zero-order valence-corrected chi connectivity index (χ0v) is 24.0. The average Bonchev–Trinajstić information content (AvgIpc) is 3.22. The Hall–Kier alpha value is -2.14. The third kappa shape index (κ3) is 5.67. The highest BCUT2D eigenvalue weighted by Gasteiger charge is 2.29. The van der Waals surface area contributed by atoms with Gasteiger partial charge < -0.3 is 19.1 Å². The van der Waals surface area contributed by atoms with Gasteiger partial charge >= 0.3 is 0 Å². The largest absolute Gasteiger partial charge is 0.489 e. The lowest BCUT2D eigenvalue weighted by atomic mass is 10.1. The quantitative estimate of drug-likeness (QED) is 0.395. The Kier molecular flexibility index (Phi) is 7.55. The highest BCUT2D eigenvalue weighted by Crippen LogP contribution is 2.36. The number of carbonyl (C=O) groups excluding carboxylic acids is 1.